The van der Waals surface area contributed by atoms with Crippen LogP contribution in [0.15, 0.2) is 35.1 Å². The molecule has 0 atom stereocenters. The van der Waals surface area contributed by atoms with Crippen molar-refractivity contribution in [3.8, 4) is 5.75 Å². The van der Waals surface area contributed by atoms with Crippen molar-refractivity contribution in [2.45, 2.75) is 0 Å². The second-order valence-corrected chi connectivity index (χ2v) is 1.66. The molecule has 0 heterocycles. The van der Waals surface area contributed by atoms with E-state index in [9.17, 15) is 4.79 Å². The average Bonchev–Trinajstić information content (AvgIpc) is 1.99. The quantitative estimate of drug-likeness (QED) is 0.609. The molecule has 0 bridgehead atoms. The molecule has 0 amide bonds. The normalized spacial score (nSPS) is 8.00. The van der Waals surface area contributed by atoms with E-state index in [0.717, 1.165) is 0 Å². The van der Waals surface area contributed by atoms with Gasteiger partial charge in [-0.05, 0) is 12.1 Å². The van der Waals surface area contributed by atoms with E-state index < -0.39 is 0 Å². The van der Waals surface area contributed by atoms with Crippen molar-refractivity contribution >= 4 is 0 Å². The van der Waals surface area contributed by atoms with Crippen LogP contribution in [0, 0.1) is 0 Å². The van der Waals surface area contributed by atoms with Crippen molar-refractivity contribution in [3.63, 3.8) is 0 Å². The largest absolute Gasteiger partial charge is 2.00 e. The second kappa shape index (κ2) is 4.18. The summed E-state index contributed by atoms with van der Waals surface area (Å²) in [7, 11) is 0. The standard InChI is InChI=1S/C7H6O2.Zn/c8-6-4-2-1-3-5-7(6)9;/h1-5H,(H,8,9);/q;+2. The first-order chi connectivity index (χ1) is 4.30. The fourth-order valence-electron chi connectivity index (χ4n) is 0.521. The minimum atomic E-state index is -0.347. The molecule has 0 fully saturated rings. The van der Waals surface area contributed by atoms with E-state index in [0.29, 0.717) is 0 Å². The minimum absolute atomic E-state index is 0. The van der Waals surface area contributed by atoms with Gasteiger partial charge in [0.15, 0.2) is 5.75 Å². The van der Waals surface area contributed by atoms with Crippen molar-refractivity contribution in [1.29, 1.82) is 0 Å². The maximum atomic E-state index is 10.6. The van der Waals surface area contributed by atoms with Gasteiger partial charge >= 0.3 is 19.5 Å². The van der Waals surface area contributed by atoms with Crippen LogP contribution in [-0.2, 0) is 19.5 Å². The summed E-state index contributed by atoms with van der Waals surface area (Å²) in [6.45, 7) is 0. The van der Waals surface area contributed by atoms with Gasteiger partial charge < -0.3 is 5.11 Å². The molecule has 1 aromatic carbocycles. The molecule has 0 spiro atoms. The van der Waals surface area contributed by atoms with Crippen molar-refractivity contribution in [2.75, 3.05) is 0 Å². The molecule has 1 rings (SSSR count). The van der Waals surface area contributed by atoms with Gasteiger partial charge in [-0.25, -0.2) is 0 Å². The summed E-state index contributed by atoms with van der Waals surface area (Å²) >= 11 is 0. The van der Waals surface area contributed by atoms with Crippen LogP contribution in [0.4, 0.5) is 0 Å². The van der Waals surface area contributed by atoms with Gasteiger partial charge in [0.25, 0.3) is 0 Å². The molecule has 0 unspecified atom stereocenters. The van der Waals surface area contributed by atoms with E-state index in [1.807, 2.05) is 0 Å². The molecule has 0 saturated heterocycles. The van der Waals surface area contributed by atoms with Crippen LogP contribution in [0.3, 0.4) is 0 Å². The Bertz CT molecular complexity index is 259. The molecule has 0 aliphatic heterocycles. The van der Waals surface area contributed by atoms with Crippen LogP contribution >= 0.6 is 0 Å². The van der Waals surface area contributed by atoms with E-state index in [1.165, 1.54) is 12.1 Å². The zero-order chi connectivity index (χ0) is 6.69. The first-order valence-electron chi connectivity index (χ1n) is 2.59. The Kier molecular flexibility index (Phi) is 3.89. The average molecular weight is 188 g/mol. The minimum Gasteiger partial charge on any atom is -0.504 e. The Hall–Kier alpha value is -0.687. The first kappa shape index (κ1) is 9.31. The summed E-state index contributed by atoms with van der Waals surface area (Å²) in [5.41, 5.74) is -0.347. The van der Waals surface area contributed by atoms with Gasteiger partial charge in [0.2, 0.25) is 5.43 Å². The zero-order valence-electron chi connectivity index (χ0n) is 5.45. The molecule has 3 heteroatoms. The number of aromatic hydroxyl groups is 1. The summed E-state index contributed by atoms with van der Waals surface area (Å²) in [4.78, 5) is 10.6. The van der Waals surface area contributed by atoms with Gasteiger partial charge in [-0.1, -0.05) is 18.2 Å². The molecule has 0 radical (unpaired) electrons. The molecular weight excluding hydrogens is 181 g/mol. The third-order valence-corrected chi connectivity index (χ3v) is 0.976. The molecule has 0 aliphatic carbocycles. The van der Waals surface area contributed by atoms with Crippen LogP contribution in [-0.4, -0.2) is 5.11 Å². The predicted octanol–water partition coefficient (Wildman–Crippen LogP) is 0.750. The van der Waals surface area contributed by atoms with Gasteiger partial charge in [-0.2, -0.15) is 0 Å². The fourth-order valence-corrected chi connectivity index (χ4v) is 0.521. The summed E-state index contributed by atoms with van der Waals surface area (Å²) in [6, 6.07) is 7.55. The van der Waals surface area contributed by atoms with Crippen molar-refractivity contribution < 1.29 is 24.6 Å². The monoisotopic (exact) mass is 186 g/mol. The molecule has 0 aliphatic rings. The van der Waals surface area contributed by atoms with Gasteiger partial charge in [0.1, 0.15) is 0 Å². The molecule has 0 saturated carbocycles. The van der Waals surface area contributed by atoms with Crippen molar-refractivity contribution in [3.05, 3.63) is 40.6 Å². The SMILES string of the molecule is O=c1cccccc1O.[Zn+2]. The Morgan fingerprint density at radius 1 is 1.10 bits per heavy atom. The Morgan fingerprint density at radius 3 is 2.40 bits per heavy atom. The Balaban J connectivity index is 0.000000810. The number of rotatable bonds is 0. The molecule has 1 N–H and O–H groups in total. The van der Waals surface area contributed by atoms with E-state index >= 15 is 0 Å². The van der Waals surface area contributed by atoms with Gasteiger partial charge in [0, 0.05) is 0 Å². The maximum absolute atomic E-state index is 10.6. The van der Waals surface area contributed by atoms with Crippen LogP contribution in [0.1, 0.15) is 0 Å². The summed E-state index contributed by atoms with van der Waals surface area (Å²) < 4.78 is 0. The van der Waals surface area contributed by atoms with E-state index in [1.54, 1.807) is 18.2 Å². The van der Waals surface area contributed by atoms with Crippen molar-refractivity contribution in [2.24, 2.45) is 0 Å². The van der Waals surface area contributed by atoms with Gasteiger partial charge in [0.05, 0.1) is 0 Å². The molecule has 0 aromatic heterocycles. The fraction of sp³-hybridized carbons (Fsp3) is 0. The molecule has 1 aromatic rings. The first-order valence-corrected chi connectivity index (χ1v) is 2.59. The third-order valence-electron chi connectivity index (χ3n) is 0.976. The Morgan fingerprint density at radius 2 is 1.70 bits per heavy atom. The van der Waals surface area contributed by atoms with Gasteiger partial charge in [-0.3, -0.25) is 4.79 Å². The zero-order valence-corrected chi connectivity index (χ0v) is 8.42. The summed E-state index contributed by atoms with van der Waals surface area (Å²) in [6.07, 6.45) is 0. The van der Waals surface area contributed by atoms with E-state index in [2.05, 4.69) is 0 Å². The molecular formula is C7H6O2Zn+2. The van der Waals surface area contributed by atoms with Crippen molar-refractivity contribution in [1.82, 2.24) is 0 Å². The van der Waals surface area contributed by atoms with Crippen LogP contribution < -0.4 is 5.43 Å². The number of hydrogen-bond donors (Lipinski definition) is 1. The van der Waals surface area contributed by atoms with Crippen LogP contribution in [0.5, 0.6) is 5.75 Å². The topological polar surface area (TPSA) is 37.3 Å². The van der Waals surface area contributed by atoms with E-state index in [-0.39, 0.29) is 30.7 Å². The third kappa shape index (κ3) is 2.28. The summed E-state index contributed by atoms with van der Waals surface area (Å²) in [5, 5.41) is 8.77. The molecule has 46 valence electrons. The second-order valence-electron chi connectivity index (χ2n) is 1.66. The van der Waals surface area contributed by atoms with E-state index in [4.69, 9.17) is 5.11 Å². The van der Waals surface area contributed by atoms with Crippen LogP contribution in [0.2, 0.25) is 0 Å². The number of hydrogen-bond acceptors (Lipinski definition) is 2. The maximum Gasteiger partial charge on any atom is 2.00 e. The smallest absolute Gasteiger partial charge is 0.504 e. The van der Waals surface area contributed by atoms with Gasteiger partial charge in [-0.15, -0.1) is 0 Å². The molecule has 10 heavy (non-hydrogen) atoms. The Labute approximate surface area is 71.3 Å². The summed E-state index contributed by atoms with van der Waals surface area (Å²) in [5.74, 6) is -0.208. The predicted molar refractivity (Wildman–Crippen MR) is 34.4 cm³/mol. The molecule has 2 nitrogen and oxygen atoms in total. The van der Waals surface area contributed by atoms with Crippen LogP contribution in [0.25, 0.3) is 0 Å².